The molecule has 1 aromatic rings. The molecule has 0 fully saturated rings. The number of hydrogen-bond acceptors (Lipinski definition) is 3. The number of H-pyrrole nitrogens is 1. The molecule has 1 amide bonds. The lowest BCUT2D eigenvalue weighted by Gasteiger charge is -2.24. The van der Waals surface area contributed by atoms with Crippen LogP contribution in [0.15, 0.2) is 10.9 Å². The van der Waals surface area contributed by atoms with E-state index in [0.29, 0.717) is 24.7 Å². The molecule has 1 rings (SSSR count). The van der Waals surface area contributed by atoms with Gasteiger partial charge in [0.1, 0.15) is 5.60 Å². The van der Waals surface area contributed by atoms with Gasteiger partial charge in [0.25, 0.3) is 5.56 Å². The van der Waals surface area contributed by atoms with Crippen LogP contribution in [-0.2, 0) is 17.8 Å². The first kappa shape index (κ1) is 18.3. The van der Waals surface area contributed by atoms with E-state index in [0.717, 1.165) is 12.8 Å². The van der Waals surface area contributed by atoms with E-state index in [4.69, 9.17) is 4.74 Å². The van der Waals surface area contributed by atoms with Crippen LogP contribution in [-0.4, -0.2) is 33.4 Å². The average Bonchev–Trinajstić information content (AvgIpc) is 2.73. The lowest BCUT2D eigenvalue weighted by atomic mass is 10.0. The van der Waals surface area contributed by atoms with Crippen molar-refractivity contribution in [3.63, 3.8) is 0 Å². The van der Waals surface area contributed by atoms with Crippen LogP contribution in [0.3, 0.4) is 0 Å². The van der Waals surface area contributed by atoms with Crippen molar-refractivity contribution in [2.24, 2.45) is 5.92 Å². The quantitative estimate of drug-likeness (QED) is 0.878. The molecule has 1 heterocycles. The van der Waals surface area contributed by atoms with E-state index in [-0.39, 0.29) is 5.56 Å². The molecule has 0 atom stereocenters. The summed E-state index contributed by atoms with van der Waals surface area (Å²) >= 11 is 0. The summed E-state index contributed by atoms with van der Waals surface area (Å²) in [5, 5.41) is 3.08. The Morgan fingerprint density at radius 1 is 1.36 bits per heavy atom. The number of nitrogens with one attached hydrogen (secondary N) is 1. The molecule has 0 aliphatic rings. The molecule has 1 N–H and O–H groups in total. The Balaban J connectivity index is 2.71. The molecular formula is C16H29N3O3. The lowest BCUT2D eigenvalue weighted by molar-refractivity contribution is 0.0283. The Morgan fingerprint density at radius 2 is 1.95 bits per heavy atom. The molecule has 0 radical (unpaired) electrons. The molecule has 126 valence electrons. The summed E-state index contributed by atoms with van der Waals surface area (Å²) in [6.45, 7) is 10.7. The first-order chi connectivity index (χ1) is 10.2. The minimum atomic E-state index is -0.528. The van der Waals surface area contributed by atoms with Crippen molar-refractivity contribution in [3.05, 3.63) is 22.1 Å². The minimum Gasteiger partial charge on any atom is -0.444 e. The maximum Gasteiger partial charge on any atom is 0.410 e. The number of amides is 1. The first-order valence-corrected chi connectivity index (χ1v) is 7.89. The van der Waals surface area contributed by atoms with Gasteiger partial charge in [-0.25, -0.2) is 4.79 Å². The fourth-order valence-electron chi connectivity index (χ4n) is 2.17. The normalized spacial score (nSPS) is 11.8. The molecule has 0 spiro atoms. The topological polar surface area (TPSA) is 67.3 Å². The third-order valence-electron chi connectivity index (χ3n) is 3.55. The summed E-state index contributed by atoms with van der Waals surface area (Å²) in [4.78, 5) is 25.4. The summed E-state index contributed by atoms with van der Waals surface area (Å²) in [7, 11) is 1.66. The molecule has 6 heteroatoms. The molecule has 22 heavy (non-hydrogen) atoms. The van der Waals surface area contributed by atoms with Crippen molar-refractivity contribution >= 4 is 6.09 Å². The van der Waals surface area contributed by atoms with Gasteiger partial charge in [-0.3, -0.25) is 14.6 Å². The molecule has 0 saturated carbocycles. The number of nitrogens with zero attached hydrogens (tertiary/aromatic N) is 2. The van der Waals surface area contributed by atoms with Crippen LogP contribution in [0.2, 0.25) is 0 Å². The van der Waals surface area contributed by atoms with Gasteiger partial charge in [-0.15, -0.1) is 0 Å². The van der Waals surface area contributed by atoms with Crippen LogP contribution >= 0.6 is 0 Å². The van der Waals surface area contributed by atoms with E-state index in [9.17, 15) is 9.59 Å². The SMILES string of the molecule is CCC(CC)Cn1[nH]c(CN(C)C(=O)OC(C)(C)C)cc1=O. The molecule has 0 saturated heterocycles. The van der Waals surface area contributed by atoms with E-state index in [1.165, 1.54) is 4.90 Å². The molecule has 1 aromatic heterocycles. The van der Waals surface area contributed by atoms with Crippen molar-refractivity contribution < 1.29 is 9.53 Å². The molecule has 0 unspecified atom stereocenters. The lowest BCUT2D eigenvalue weighted by Crippen LogP contribution is -2.33. The Morgan fingerprint density at radius 3 is 2.45 bits per heavy atom. The van der Waals surface area contributed by atoms with Gasteiger partial charge in [0, 0.05) is 19.7 Å². The van der Waals surface area contributed by atoms with Gasteiger partial charge in [0.2, 0.25) is 0 Å². The second-order valence-electron chi connectivity index (χ2n) is 6.75. The highest BCUT2D eigenvalue weighted by Gasteiger charge is 2.20. The smallest absolute Gasteiger partial charge is 0.410 e. The first-order valence-electron chi connectivity index (χ1n) is 7.89. The fraction of sp³-hybridized carbons (Fsp3) is 0.750. The molecule has 0 bridgehead atoms. The summed E-state index contributed by atoms with van der Waals surface area (Å²) < 4.78 is 6.92. The highest BCUT2D eigenvalue weighted by atomic mass is 16.6. The third kappa shape index (κ3) is 5.58. The fourth-order valence-corrected chi connectivity index (χ4v) is 2.17. The number of aromatic nitrogens is 2. The van der Waals surface area contributed by atoms with E-state index >= 15 is 0 Å². The highest BCUT2D eigenvalue weighted by Crippen LogP contribution is 2.11. The van der Waals surface area contributed by atoms with E-state index in [2.05, 4.69) is 18.9 Å². The maximum atomic E-state index is 12.0. The van der Waals surface area contributed by atoms with Crippen molar-refractivity contribution in [3.8, 4) is 0 Å². The van der Waals surface area contributed by atoms with Crippen molar-refractivity contribution in [1.29, 1.82) is 0 Å². The van der Waals surface area contributed by atoms with Gasteiger partial charge in [0.05, 0.1) is 12.2 Å². The van der Waals surface area contributed by atoms with Crippen molar-refractivity contribution in [1.82, 2.24) is 14.7 Å². The van der Waals surface area contributed by atoms with E-state index in [1.54, 1.807) is 17.8 Å². The van der Waals surface area contributed by atoms with Crippen LogP contribution in [0.25, 0.3) is 0 Å². The molecule has 6 nitrogen and oxygen atoms in total. The predicted molar refractivity (Wildman–Crippen MR) is 86.8 cm³/mol. The van der Waals surface area contributed by atoms with Gasteiger partial charge < -0.3 is 9.64 Å². The van der Waals surface area contributed by atoms with Gasteiger partial charge in [-0.05, 0) is 26.7 Å². The summed E-state index contributed by atoms with van der Waals surface area (Å²) in [5.41, 5.74) is 0.129. The molecular weight excluding hydrogens is 282 g/mol. The number of rotatable bonds is 6. The average molecular weight is 311 g/mol. The second kappa shape index (κ2) is 7.51. The van der Waals surface area contributed by atoms with Crippen LogP contribution in [0, 0.1) is 5.92 Å². The zero-order chi connectivity index (χ0) is 16.9. The summed E-state index contributed by atoms with van der Waals surface area (Å²) in [6.07, 6.45) is 1.67. The minimum absolute atomic E-state index is 0.0560. The third-order valence-corrected chi connectivity index (χ3v) is 3.55. The van der Waals surface area contributed by atoms with Crippen LogP contribution in [0.4, 0.5) is 4.79 Å². The van der Waals surface area contributed by atoms with Gasteiger partial charge in [-0.2, -0.15) is 0 Å². The second-order valence-corrected chi connectivity index (χ2v) is 6.75. The molecule has 0 aliphatic heterocycles. The van der Waals surface area contributed by atoms with Crippen LogP contribution in [0.1, 0.15) is 53.2 Å². The number of aromatic amines is 1. The van der Waals surface area contributed by atoms with Crippen LogP contribution in [0.5, 0.6) is 0 Å². The van der Waals surface area contributed by atoms with Gasteiger partial charge in [-0.1, -0.05) is 26.7 Å². The zero-order valence-corrected chi connectivity index (χ0v) is 14.6. The maximum absolute atomic E-state index is 12.0. The van der Waals surface area contributed by atoms with E-state index < -0.39 is 11.7 Å². The van der Waals surface area contributed by atoms with Crippen molar-refractivity contribution in [2.45, 2.75) is 66.2 Å². The Hall–Kier alpha value is -1.72. The predicted octanol–water partition coefficient (Wildman–Crippen LogP) is 2.98. The van der Waals surface area contributed by atoms with Crippen LogP contribution < -0.4 is 5.56 Å². The number of carbonyl (C=O) groups excluding carboxylic acids is 1. The molecule has 0 aliphatic carbocycles. The Kier molecular flexibility index (Phi) is 6.26. The van der Waals surface area contributed by atoms with Gasteiger partial charge >= 0.3 is 6.09 Å². The zero-order valence-electron chi connectivity index (χ0n) is 14.6. The standard InChI is InChI=1S/C16H29N3O3/c1-7-12(8-2)10-19-14(20)9-13(17-19)11-18(6)15(21)22-16(3,4)5/h9,12,17H,7-8,10-11H2,1-6H3. The highest BCUT2D eigenvalue weighted by molar-refractivity contribution is 5.67. The largest absolute Gasteiger partial charge is 0.444 e. The Bertz CT molecular complexity index is 536. The summed E-state index contributed by atoms with van der Waals surface area (Å²) in [5.74, 6) is 0.479. The van der Waals surface area contributed by atoms with E-state index in [1.807, 2.05) is 20.8 Å². The van der Waals surface area contributed by atoms with Crippen molar-refractivity contribution in [2.75, 3.05) is 7.05 Å². The number of carbonyl (C=O) groups is 1. The monoisotopic (exact) mass is 311 g/mol. The molecule has 0 aromatic carbocycles. The Labute approximate surface area is 132 Å². The number of hydrogen-bond donors (Lipinski definition) is 1. The number of ether oxygens (including phenoxy) is 1. The van der Waals surface area contributed by atoms with Gasteiger partial charge in [0.15, 0.2) is 0 Å². The summed E-state index contributed by atoms with van der Waals surface area (Å²) in [6, 6.07) is 1.54.